The van der Waals surface area contributed by atoms with Crippen molar-refractivity contribution in [2.75, 3.05) is 0 Å². The fraction of sp³-hybridized carbons (Fsp3) is 0.292. The zero-order chi connectivity index (χ0) is 20.7. The summed E-state index contributed by atoms with van der Waals surface area (Å²) in [5.41, 5.74) is 2.32. The summed E-state index contributed by atoms with van der Waals surface area (Å²) in [4.78, 5) is 28.5. The van der Waals surface area contributed by atoms with E-state index in [2.05, 4.69) is 10.4 Å². The van der Waals surface area contributed by atoms with E-state index in [1.54, 1.807) is 9.58 Å². The molecule has 2 amide bonds. The molecule has 30 heavy (non-hydrogen) atoms. The molecule has 0 bridgehead atoms. The van der Waals surface area contributed by atoms with Crippen molar-refractivity contribution in [2.45, 2.75) is 44.4 Å². The van der Waals surface area contributed by atoms with Crippen molar-refractivity contribution in [2.24, 2.45) is 0 Å². The largest absolute Gasteiger partial charge is 0.350 e. The number of amides is 2. The van der Waals surface area contributed by atoms with E-state index in [0.717, 1.165) is 29.7 Å². The van der Waals surface area contributed by atoms with E-state index in [4.69, 9.17) is 0 Å². The minimum Gasteiger partial charge on any atom is -0.350 e. The fourth-order valence-electron chi connectivity index (χ4n) is 4.23. The van der Waals surface area contributed by atoms with Crippen LogP contribution in [0.1, 0.15) is 35.8 Å². The highest BCUT2D eigenvalue weighted by Crippen LogP contribution is 2.38. The van der Waals surface area contributed by atoms with E-state index in [1.165, 1.54) is 0 Å². The quantitative estimate of drug-likeness (QED) is 0.715. The van der Waals surface area contributed by atoms with Gasteiger partial charge < -0.3 is 10.2 Å². The van der Waals surface area contributed by atoms with E-state index in [1.807, 2.05) is 73.7 Å². The van der Waals surface area contributed by atoms with Crippen LogP contribution in [-0.2, 0) is 17.9 Å². The SMILES string of the molecule is C[C@]1(C(=O)NCc2ccccc2)Cn2nc(-c3ccccc3)cc2C(=O)N1C1CC1. The summed E-state index contributed by atoms with van der Waals surface area (Å²) in [6.07, 6.45) is 1.87. The maximum Gasteiger partial charge on any atom is 0.273 e. The van der Waals surface area contributed by atoms with Gasteiger partial charge in [0.25, 0.3) is 5.91 Å². The summed E-state index contributed by atoms with van der Waals surface area (Å²) in [5, 5.41) is 7.71. The van der Waals surface area contributed by atoms with Crippen LogP contribution < -0.4 is 5.32 Å². The molecule has 152 valence electrons. The first-order valence-electron chi connectivity index (χ1n) is 10.4. The van der Waals surface area contributed by atoms with Gasteiger partial charge in [-0.1, -0.05) is 60.7 Å². The van der Waals surface area contributed by atoms with E-state index in [0.29, 0.717) is 18.8 Å². The van der Waals surface area contributed by atoms with Crippen LogP contribution in [0.4, 0.5) is 0 Å². The number of aromatic nitrogens is 2. The standard InChI is InChI=1S/C24H24N4O2/c1-24(23(30)25-15-17-8-4-2-5-9-17)16-27-21(22(29)28(24)19-12-13-19)14-20(26-27)18-10-6-3-7-11-18/h2-11,14,19H,12-13,15-16H2,1H3,(H,25,30)/t24-/m1/s1. The molecule has 2 heterocycles. The number of nitrogens with one attached hydrogen (secondary N) is 1. The van der Waals surface area contributed by atoms with Gasteiger partial charge in [-0.15, -0.1) is 0 Å². The first-order valence-corrected chi connectivity index (χ1v) is 10.4. The maximum absolute atomic E-state index is 13.4. The van der Waals surface area contributed by atoms with E-state index < -0.39 is 5.54 Å². The van der Waals surface area contributed by atoms with Crippen LogP contribution in [0.3, 0.4) is 0 Å². The number of fused-ring (bicyclic) bond motifs is 1. The van der Waals surface area contributed by atoms with Crippen LogP contribution in [0.2, 0.25) is 0 Å². The Hall–Kier alpha value is -3.41. The first kappa shape index (κ1) is 18.6. The summed E-state index contributed by atoms with van der Waals surface area (Å²) < 4.78 is 1.70. The van der Waals surface area contributed by atoms with Crippen molar-refractivity contribution < 1.29 is 9.59 Å². The highest BCUT2D eigenvalue weighted by molar-refractivity contribution is 6.00. The second kappa shape index (κ2) is 7.13. The highest BCUT2D eigenvalue weighted by atomic mass is 16.2. The summed E-state index contributed by atoms with van der Waals surface area (Å²) in [5.74, 6) is -0.259. The normalized spacial score (nSPS) is 20.7. The second-order valence-corrected chi connectivity index (χ2v) is 8.29. The smallest absolute Gasteiger partial charge is 0.273 e. The number of hydrogen-bond donors (Lipinski definition) is 1. The van der Waals surface area contributed by atoms with Gasteiger partial charge in [0.1, 0.15) is 11.2 Å². The fourth-order valence-corrected chi connectivity index (χ4v) is 4.23. The Bertz CT molecular complexity index is 1090. The molecule has 1 aromatic heterocycles. The van der Waals surface area contributed by atoms with E-state index in [-0.39, 0.29) is 17.9 Å². The monoisotopic (exact) mass is 400 g/mol. The molecule has 6 nitrogen and oxygen atoms in total. The Labute approximate surface area is 175 Å². The Morgan fingerprint density at radius 2 is 1.77 bits per heavy atom. The Morgan fingerprint density at radius 3 is 2.43 bits per heavy atom. The zero-order valence-electron chi connectivity index (χ0n) is 16.9. The van der Waals surface area contributed by atoms with Gasteiger partial charge in [-0.3, -0.25) is 14.3 Å². The highest BCUT2D eigenvalue weighted by Gasteiger charge is 2.53. The van der Waals surface area contributed by atoms with Crippen molar-refractivity contribution in [3.8, 4) is 11.3 Å². The summed E-state index contributed by atoms with van der Waals surface area (Å²) >= 11 is 0. The van der Waals surface area contributed by atoms with Crippen LogP contribution in [0, 0.1) is 0 Å². The van der Waals surface area contributed by atoms with E-state index >= 15 is 0 Å². The molecular formula is C24H24N4O2. The van der Waals surface area contributed by atoms with Crippen molar-refractivity contribution >= 4 is 11.8 Å². The third-order valence-corrected chi connectivity index (χ3v) is 5.97. The Kier molecular flexibility index (Phi) is 4.42. The second-order valence-electron chi connectivity index (χ2n) is 8.29. The number of hydrogen-bond acceptors (Lipinski definition) is 3. The summed E-state index contributed by atoms with van der Waals surface area (Å²) in [6, 6.07) is 21.6. The number of carbonyl (C=O) groups excluding carboxylic acids is 2. The predicted molar refractivity (Wildman–Crippen MR) is 114 cm³/mol. The van der Waals surface area contributed by atoms with Crippen LogP contribution in [0.5, 0.6) is 0 Å². The molecule has 1 aliphatic carbocycles. The topological polar surface area (TPSA) is 67.2 Å². The van der Waals surface area contributed by atoms with Crippen LogP contribution in [0.15, 0.2) is 66.7 Å². The number of nitrogens with zero attached hydrogens (tertiary/aromatic N) is 3. The van der Waals surface area contributed by atoms with Crippen LogP contribution >= 0.6 is 0 Å². The average Bonchev–Trinajstić information content (AvgIpc) is 3.51. The molecular weight excluding hydrogens is 376 g/mol. The molecule has 3 aromatic rings. The third kappa shape index (κ3) is 3.18. The molecule has 0 radical (unpaired) electrons. The van der Waals surface area contributed by atoms with Gasteiger partial charge >= 0.3 is 0 Å². The molecule has 1 saturated carbocycles. The molecule has 0 unspecified atom stereocenters. The van der Waals surface area contributed by atoms with E-state index in [9.17, 15) is 9.59 Å². The Morgan fingerprint density at radius 1 is 1.10 bits per heavy atom. The van der Waals surface area contributed by atoms with Gasteiger partial charge in [-0.2, -0.15) is 5.10 Å². The summed E-state index contributed by atoms with van der Waals surface area (Å²) in [6.45, 7) is 2.64. The van der Waals surface area contributed by atoms with Crippen molar-refractivity contribution in [3.05, 3.63) is 78.0 Å². The molecule has 2 aliphatic rings. The number of carbonyl (C=O) groups is 2. The van der Waals surface area contributed by atoms with Gasteiger partial charge in [0.15, 0.2) is 0 Å². The van der Waals surface area contributed by atoms with Gasteiger partial charge in [-0.25, -0.2) is 0 Å². The molecule has 1 fully saturated rings. The van der Waals surface area contributed by atoms with Crippen molar-refractivity contribution in [1.82, 2.24) is 20.0 Å². The number of rotatable bonds is 5. The molecule has 5 rings (SSSR count). The van der Waals surface area contributed by atoms with Gasteiger partial charge in [-0.05, 0) is 31.4 Å². The van der Waals surface area contributed by atoms with Gasteiger partial charge in [0.2, 0.25) is 5.91 Å². The lowest BCUT2D eigenvalue weighted by molar-refractivity contribution is -0.133. The molecule has 0 saturated heterocycles. The lowest BCUT2D eigenvalue weighted by atomic mass is 9.94. The molecule has 2 aromatic carbocycles. The minimum absolute atomic E-state index is 0.115. The zero-order valence-corrected chi connectivity index (χ0v) is 16.9. The van der Waals surface area contributed by atoms with Crippen molar-refractivity contribution in [3.63, 3.8) is 0 Å². The molecule has 1 N–H and O–H groups in total. The first-order chi connectivity index (χ1) is 14.6. The third-order valence-electron chi connectivity index (χ3n) is 5.97. The lowest BCUT2D eigenvalue weighted by Crippen LogP contribution is -2.64. The molecule has 0 spiro atoms. The Balaban J connectivity index is 1.46. The molecule has 1 atom stereocenters. The minimum atomic E-state index is -0.972. The maximum atomic E-state index is 13.4. The molecule has 6 heteroatoms. The number of benzene rings is 2. The summed E-state index contributed by atoms with van der Waals surface area (Å²) in [7, 11) is 0. The van der Waals surface area contributed by atoms with Gasteiger partial charge in [0, 0.05) is 18.2 Å². The van der Waals surface area contributed by atoms with Crippen LogP contribution in [0.25, 0.3) is 11.3 Å². The van der Waals surface area contributed by atoms with Crippen molar-refractivity contribution in [1.29, 1.82) is 0 Å². The van der Waals surface area contributed by atoms with Gasteiger partial charge in [0.05, 0.1) is 12.2 Å². The predicted octanol–water partition coefficient (Wildman–Crippen LogP) is 3.24. The average molecular weight is 400 g/mol. The van der Waals surface area contributed by atoms with Crippen LogP contribution in [-0.4, -0.2) is 38.1 Å². The molecule has 1 aliphatic heterocycles. The lowest BCUT2D eigenvalue weighted by Gasteiger charge is -2.43.